The van der Waals surface area contributed by atoms with Gasteiger partial charge in [-0.05, 0) is 57.4 Å². The van der Waals surface area contributed by atoms with E-state index in [1.165, 1.54) is 17.8 Å². The maximum absolute atomic E-state index is 12.9. The molecule has 10 heteroatoms. The molecule has 0 aromatic carbocycles. The van der Waals surface area contributed by atoms with Gasteiger partial charge >= 0.3 is 6.18 Å². The molecule has 0 bridgehead atoms. The number of aromatic nitrogens is 3. The summed E-state index contributed by atoms with van der Waals surface area (Å²) in [6, 6.07) is 4.92. The maximum atomic E-state index is 12.9. The summed E-state index contributed by atoms with van der Waals surface area (Å²) in [6.45, 7) is 5.93. The summed E-state index contributed by atoms with van der Waals surface area (Å²) in [4.78, 5) is 6.03. The van der Waals surface area contributed by atoms with Crippen LogP contribution in [0.2, 0.25) is 0 Å². The minimum atomic E-state index is -4.46. The fraction of sp³-hybridized carbons (Fsp3) is 0.583. The number of rotatable bonds is 4. The number of allylic oxidation sites excluding steroid dienone is 1. The van der Waals surface area contributed by atoms with Crippen LogP contribution in [-0.2, 0) is 16.0 Å². The van der Waals surface area contributed by atoms with Crippen molar-refractivity contribution in [3.63, 3.8) is 0 Å². The molecule has 34 heavy (non-hydrogen) atoms. The minimum absolute atomic E-state index is 0.0234. The molecule has 1 spiro atoms. The third-order valence-electron chi connectivity index (χ3n) is 7.87. The van der Waals surface area contributed by atoms with E-state index in [0.717, 1.165) is 37.7 Å². The maximum Gasteiger partial charge on any atom is 0.433 e. The van der Waals surface area contributed by atoms with Crippen molar-refractivity contribution in [2.24, 2.45) is 11.3 Å². The van der Waals surface area contributed by atoms with Gasteiger partial charge in [0.25, 0.3) is 0 Å². The highest BCUT2D eigenvalue weighted by atomic mass is 32.2. The Morgan fingerprint density at radius 3 is 2.53 bits per heavy atom. The fourth-order valence-electron chi connectivity index (χ4n) is 6.31. The Kier molecular flexibility index (Phi) is 4.69. The molecular formula is C24H27F3N4O2S. The first kappa shape index (κ1) is 22.3. The van der Waals surface area contributed by atoms with E-state index >= 15 is 0 Å². The van der Waals surface area contributed by atoms with Gasteiger partial charge in [0.2, 0.25) is 0 Å². The number of alkyl halides is 3. The van der Waals surface area contributed by atoms with Gasteiger partial charge in [0.15, 0.2) is 9.84 Å². The lowest BCUT2D eigenvalue weighted by molar-refractivity contribution is -0.141. The van der Waals surface area contributed by atoms with Crippen LogP contribution in [0.25, 0.3) is 11.3 Å². The molecule has 6 nitrogen and oxygen atoms in total. The summed E-state index contributed by atoms with van der Waals surface area (Å²) in [7, 11) is -2.82. The molecule has 0 amide bonds. The van der Waals surface area contributed by atoms with Crippen LogP contribution in [0.5, 0.6) is 0 Å². The third-order valence-corrected chi connectivity index (χ3v) is 9.98. The first-order chi connectivity index (χ1) is 15.9. The molecule has 6 rings (SSSR count). The van der Waals surface area contributed by atoms with Crippen LogP contribution in [0.4, 0.5) is 13.2 Å². The first-order valence-corrected chi connectivity index (χ1v) is 13.6. The average Bonchev–Trinajstić information content (AvgIpc) is 3.18. The summed E-state index contributed by atoms with van der Waals surface area (Å²) < 4.78 is 64.0. The second kappa shape index (κ2) is 7.16. The van der Waals surface area contributed by atoms with Crippen LogP contribution < -0.4 is 0 Å². The molecule has 2 aromatic heterocycles. The van der Waals surface area contributed by atoms with E-state index in [0.29, 0.717) is 40.6 Å². The highest BCUT2D eigenvalue weighted by Crippen LogP contribution is 2.61. The number of halogens is 3. The van der Waals surface area contributed by atoms with Crippen molar-refractivity contribution in [3.05, 3.63) is 47.4 Å². The molecule has 3 atom stereocenters. The lowest BCUT2D eigenvalue weighted by Crippen LogP contribution is -2.50. The second-order valence-electron chi connectivity index (χ2n) is 10.7. The number of fused-ring (bicyclic) bond motifs is 1. The Labute approximate surface area is 196 Å². The van der Waals surface area contributed by atoms with E-state index in [1.807, 2.05) is 10.7 Å². The molecule has 2 aliphatic heterocycles. The predicted molar refractivity (Wildman–Crippen MR) is 121 cm³/mol. The Bertz CT molecular complexity index is 1270. The SMILES string of the molecule is CC(C)n1nc(-c2ccc(C(F)(F)F)nc2)cc1[C@@H]1C2=CC(N3CCC4(C3)CS(=O)(=O)C4)C[C@H]21. The molecule has 1 unspecified atom stereocenters. The quantitative estimate of drug-likeness (QED) is 0.602. The molecule has 182 valence electrons. The predicted octanol–water partition coefficient (Wildman–Crippen LogP) is 4.08. The van der Waals surface area contributed by atoms with Gasteiger partial charge in [-0.25, -0.2) is 8.42 Å². The van der Waals surface area contributed by atoms with E-state index in [9.17, 15) is 21.6 Å². The highest BCUT2D eigenvalue weighted by Gasteiger charge is 2.56. The van der Waals surface area contributed by atoms with E-state index in [4.69, 9.17) is 5.10 Å². The van der Waals surface area contributed by atoms with Crippen molar-refractivity contribution in [1.29, 1.82) is 0 Å². The van der Waals surface area contributed by atoms with Crippen LogP contribution in [0.15, 0.2) is 36.0 Å². The van der Waals surface area contributed by atoms with Gasteiger partial charge < -0.3 is 0 Å². The molecular weight excluding hydrogens is 465 g/mol. The Morgan fingerprint density at radius 1 is 1.21 bits per heavy atom. The number of likely N-dealkylation sites (tertiary alicyclic amines) is 1. The van der Waals surface area contributed by atoms with Gasteiger partial charge in [-0.15, -0.1) is 0 Å². The summed E-state index contributed by atoms with van der Waals surface area (Å²) in [5.41, 5.74) is 2.79. The molecule has 3 fully saturated rings. The van der Waals surface area contributed by atoms with Crippen molar-refractivity contribution >= 4 is 9.84 Å². The van der Waals surface area contributed by atoms with Crippen molar-refractivity contribution in [2.45, 2.75) is 50.9 Å². The van der Waals surface area contributed by atoms with Crippen molar-refractivity contribution in [3.8, 4) is 11.3 Å². The van der Waals surface area contributed by atoms with Gasteiger partial charge in [-0.2, -0.15) is 18.3 Å². The zero-order chi connectivity index (χ0) is 24.0. The lowest BCUT2D eigenvalue weighted by Gasteiger charge is -2.38. The van der Waals surface area contributed by atoms with Gasteiger partial charge in [0.05, 0.1) is 17.2 Å². The van der Waals surface area contributed by atoms with E-state index in [-0.39, 0.29) is 11.5 Å². The second-order valence-corrected chi connectivity index (χ2v) is 12.8. The van der Waals surface area contributed by atoms with Gasteiger partial charge in [0.1, 0.15) is 5.69 Å². The number of nitrogens with zero attached hydrogens (tertiary/aromatic N) is 4. The third kappa shape index (κ3) is 3.61. The average molecular weight is 493 g/mol. The number of pyridine rings is 1. The molecule has 2 aliphatic carbocycles. The Morgan fingerprint density at radius 2 is 1.97 bits per heavy atom. The molecule has 2 aromatic rings. The van der Waals surface area contributed by atoms with Crippen LogP contribution in [-0.4, -0.2) is 58.7 Å². The molecule has 1 saturated carbocycles. The molecule has 4 heterocycles. The fourth-order valence-corrected chi connectivity index (χ4v) is 8.56. The van der Waals surface area contributed by atoms with Crippen LogP contribution in [0.3, 0.4) is 0 Å². The molecule has 0 radical (unpaired) electrons. The topological polar surface area (TPSA) is 68.1 Å². The van der Waals surface area contributed by atoms with Gasteiger partial charge in [0, 0.05) is 47.4 Å². The monoisotopic (exact) mass is 492 g/mol. The highest BCUT2D eigenvalue weighted by molar-refractivity contribution is 7.92. The molecule has 4 aliphatic rings. The van der Waals surface area contributed by atoms with Crippen LogP contribution in [0.1, 0.15) is 50.0 Å². The van der Waals surface area contributed by atoms with Gasteiger partial charge in [-0.3, -0.25) is 14.6 Å². The van der Waals surface area contributed by atoms with E-state index in [1.54, 1.807) is 0 Å². The van der Waals surface area contributed by atoms with E-state index < -0.39 is 21.7 Å². The molecule has 2 saturated heterocycles. The zero-order valence-corrected chi connectivity index (χ0v) is 19.9. The zero-order valence-electron chi connectivity index (χ0n) is 19.1. The Hall–Kier alpha value is -2.20. The summed E-state index contributed by atoms with van der Waals surface area (Å²) in [5, 5.41) is 4.71. The van der Waals surface area contributed by atoms with Crippen LogP contribution >= 0.6 is 0 Å². The summed E-state index contributed by atoms with van der Waals surface area (Å²) >= 11 is 0. The van der Waals surface area contributed by atoms with E-state index in [2.05, 4.69) is 29.8 Å². The minimum Gasteiger partial charge on any atom is -0.296 e. The number of sulfone groups is 1. The Balaban J connectivity index is 1.20. The van der Waals surface area contributed by atoms with Crippen molar-refractivity contribution in [1.82, 2.24) is 19.7 Å². The number of hydrogen-bond acceptors (Lipinski definition) is 5. The van der Waals surface area contributed by atoms with Crippen LogP contribution in [0, 0.1) is 11.3 Å². The van der Waals surface area contributed by atoms with Gasteiger partial charge in [-0.1, -0.05) is 11.6 Å². The largest absolute Gasteiger partial charge is 0.433 e. The summed E-state index contributed by atoms with van der Waals surface area (Å²) in [6.07, 6.45) is 1.14. The van der Waals surface area contributed by atoms with Crippen molar-refractivity contribution in [2.75, 3.05) is 24.6 Å². The van der Waals surface area contributed by atoms with Crippen molar-refractivity contribution < 1.29 is 21.6 Å². The standard InChI is InChI=1S/C24H27F3N4O2S/c1-14(2)31-20(9-19(29-31)15-3-4-21(28-10-15)24(25,26)27)22-17-7-16(8-18(17)22)30-6-5-23(11-30)12-34(32,33)13-23/h3-4,7,9-10,14,16,18,22H,5-6,8,11-13H2,1-2H3/t16?,18-,22-/m1/s1. The summed E-state index contributed by atoms with van der Waals surface area (Å²) in [5.74, 6) is 1.42. The normalized spacial score (nSPS) is 29.4. The lowest BCUT2D eigenvalue weighted by atomic mass is 9.91. The molecule has 0 N–H and O–H groups in total. The first-order valence-electron chi connectivity index (χ1n) is 11.7. The smallest absolute Gasteiger partial charge is 0.296 e. The number of hydrogen-bond donors (Lipinski definition) is 0.